The largest absolute Gasteiger partial charge is 0.399 e. The number of aromatic nitrogens is 1. The molecule has 0 fully saturated rings. The van der Waals surface area contributed by atoms with E-state index in [0.717, 1.165) is 50.6 Å². The van der Waals surface area contributed by atoms with Gasteiger partial charge in [-0.15, -0.1) is 0 Å². The average molecular weight is 456 g/mol. The van der Waals surface area contributed by atoms with Crippen LogP contribution in [0.3, 0.4) is 0 Å². The Morgan fingerprint density at radius 2 is 1.20 bits per heavy atom. The Morgan fingerprint density at radius 3 is 1.97 bits per heavy atom. The second-order valence-electron chi connectivity index (χ2n) is 8.73. The molecule has 0 atom stereocenters. The van der Waals surface area contributed by atoms with Crippen molar-refractivity contribution in [1.82, 2.24) is 4.57 Å². The number of benzene rings is 5. The van der Waals surface area contributed by atoms with E-state index in [1.807, 2.05) is 54.6 Å². The minimum absolute atomic E-state index is 0.712. The first-order valence-corrected chi connectivity index (χ1v) is 11.5. The van der Waals surface area contributed by atoms with Gasteiger partial charge >= 0.3 is 0 Å². The summed E-state index contributed by atoms with van der Waals surface area (Å²) in [7, 11) is 0. The van der Waals surface area contributed by atoms with E-state index < -0.39 is 0 Å². The normalized spacial score (nSPS) is 11.2. The van der Waals surface area contributed by atoms with Crippen LogP contribution in [0.1, 0.15) is 0 Å². The van der Waals surface area contributed by atoms with Crippen LogP contribution in [0.4, 0.5) is 28.4 Å². The first kappa shape index (κ1) is 20.7. The number of nitrogen functional groups attached to an aromatic ring is 3. The third-order valence-electron chi connectivity index (χ3n) is 6.37. The number of fused-ring (bicyclic) bond motifs is 3. The zero-order valence-corrected chi connectivity index (χ0v) is 19.1. The van der Waals surface area contributed by atoms with Gasteiger partial charge in [-0.05, 0) is 84.4 Å². The molecule has 0 spiro atoms. The van der Waals surface area contributed by atoms with Gasteiger partial charge in [-0.25, -0.2) is 0 Å². The van der Waals surface area contributed by atoms with Gasteiger partial charge in [0, 0.05) is 50.5 Å². The van der Waals surface area contributed by atoms with Crippen molar-refractivity contribution in [2.24, 2.45) is 0 Å². The van der Waals surface area contributed by atoms with Gasteiger partial charge in [0.25, 0.3) is 0 Å². The zero-order valence-electron chi connectivity index (χ0n) is 19.1. The molecule has 1 heterocycles. The van der Waals surface area contributed by atoms with Crippen LogP contribution in [0.25, 0.3) is 38.6 Å². The summed E-state index contributed by atoms with van der Waals surface area (Å²) in [6, 6.07) is 36.7. The first-order valence-electron chi connectivity index (χ1n) is 11.5. The van der Waals surface area contributed by atoms with Gasteiger partial charge in [0.15, 0.2) is 0 Å². The number of para-hydroxylation sites is 1. The van der Waals surface area contributed by atoms with Crippen LogP contribution in [0.5, 0.6) is 0 Å². The summed E-state index contributed by atoms with van der Waals surface area (Å²) in [6.45, 7) is 0. The highest BCUT2D eigenvalue weighted by atomic mass is 15.0. The fourth-order valence-corrected chi connectivity index (χ4v) is 4.68. The van der Waals surface area contributed by atoms with Crippen LogP contribution < -0.4 is 22.5 Å². The summed E-state index contributed by atoms with van der Waals surface area (Å²) in [4.78, 5) is 0. The van der Waals surface area contributed by atoms with E-state index in [4.69, 9.17) is 17.2 Å². The zero-order chi connectivity index (χ0) is 23.9. The number of hydrogen-bond donors (Lipinski definition) is 4. The Hall–Kier alpha value is -4.90. The molecule has 0 radical (unpaired) electrons. The van der Waals surface area contributed by atoms with Crippen molar-refractivity contribution in [3.05, 3.63) is 109 Å². The summed E-state index contributed by atoms with van der Waals surface area (Å²) in [6.07, 6.45) is 0. The summed E-state index contributed by atoms with van der Waals surface area (Å²) in [5, 5.41) is 5.98. The van der Waals surface area contributed by atoms with Crippen LogP contribution in [-0.4, -0.2) is 4.57 Å². The fourth-order valence-electron chi connectivity index (χ4n) is 4.68. The number of nitrogens with zero attached hydrogens (tertiary/aromatic N) is 1. The molecule has 7 N–H and O–H groups in total. The Morgan fingerprint density at radius 1 is 0.543 bits per heavy atom. The van der Waals surface area contributed by atoms with Crippen LogP contribution in [-0.2, 0) is 0 Å². The summed E-state index contributed by atoms with van der Waals surface area (Å²) in [5.41, 5.74) is 27.6. The van der Waals surface area contributed by atoms with Crippen molar-refractivity contribution < 1.29 is 0 Å². The number of nitrogens with two attached hydrogens (primary N) is 3. The van der Waals surface area contributed by atoms with Crippen LogP contribution >= 0.6 is 0 Å². The third-order valence-corrected chi connectivity index (χ3v) is 6.37. The molecule has 0 aliphatic rings. The molecule has 0 unspecified atom stereocenters. The molecule has 35 heavy (non-hydrogen) atoms. The highest BCUT2D eigenvalue weighted by molar-refractivity contribution is 6.10. The number of rotatable bonds is 4. The van der Waals surface area contributed by atoms with Crippen molar-refractivity contribution >= 4 is 50.2 Å². The molecule has 6 aromatic rings. The van der Waals surface area contributed by atoms with Gasteiger partial charge < -0.3 is 27.1 Å². The molecule has 0 amide bonds. The minimum Gasteiger partial charge on any atom is -0.399 e. The van der Waals surface area contributed by atoms with Crippen molar-refractivity contribution in [2.75, 3.05) is 22.5 Å². The third kappa shape index (κ3) is 3.69. The number of anilines is 5. The Labute approximate surface area is 203 Å². The molecule has 1 aromatic heterocycles. The van der Waals surface area contributed by atoms with Gasteiger partial charge in [-0.3, -0.25) is 0 Å². The second-order valence-corrected chi connectivity index (χ2v) is 8.73. The highest BCUT2D eigenvalue weighted by Crippen LogP contribution is 2.36. The first-order chi connectivity index (χ1) is 17.1. The van der Waals surface area contributed by atoms with E-state index in [1.54, 1.807) is 0 Å². The maximum Gasteiger partial charge on any atom is 0.0542 e. The maximum absolute atomic E-state index is 6.13. The fraction of sp³-hybridized carbons (Fsp3) is 0. The molecule has 5 heteroatoms. The monoisotopic (exact) mass is 455 g/mol. The van der Waals surface area contributed by atoms with E-state index in [9.17, 15) is 0 Å². The highest BCUT2D eigenvalue weighted by Gasteiger charge is 2.13. The van der Waals surface area contributed by atoms with E-state index in [0.29, 0.717) is 5.69 Å². The molecular weight excluding hydrogens is 430 g/mol. The van der Waals surface area contributed by atoms with Gasteiger partial charge in [-0.1, -0.05) is 30.3 Å². The van der Waals surface area contributed by atoms with E-state index in [-0.39, 0.29) is 0 Å². The average Bonchev–Trinajstić information content (AvgIpc) is 3.20. The molecule has 5 aromatic carbocycles. The Bertz CT molecular complexity index is 1680. The summed E-state index contributed by atoms with van der Waals surface area (Å²) in [5.74, 6) is 0. The van der Waals surface area contributed by atoms with Crippen LogP contribution in [0.15, 0.2) is 109 Å². The molecule has 0 saturated heterocycles. The Kier molecular flexibility index (Phi) is 4.82. The van der Waals surface area contributed by atoms with Gasteiger partial charge in [0.2, 0.25) is 0 Å². The quantitative estimate of drug-likeness (QED) is 0.217. The smallest absolute Gasteiger partial charge is 0.0542 e. The topological polar surface area (TPSA) is 95.0 Å². The van der Waals surface area contributed by atoms with Crippen molar-refractivity contribution in [3.63, 3.8) is 0 Å². The van der Waals surface area contributed by atoms with Crippen LogP contribution in [0.2, 0.25) is 0 Å². The minimum atomic E-state index is 0.712. The number of nitrogens with one attached hydrogen (secondary N) is 1. The molecule has 5 nitrogen and oxygen atoms in total. The van der Waals surface area contributed by atoms with E-state index >= 15 is 0 Å². The molecule has 6 rings (SSSR count). The van der Waals surface area contributed by atoms with E-state index in [2.05, 4.69) is 64.5 Å². The summed E-state index contributed by atoms with van der Waals surface area (Å²) < 4.78 is 2.27. The van der Waals surface area contributed by atoms with Gasteiger partial charge in [0.05, 0.1) is 11.0 Å². The van der Waals surface area contributed by atoms with Crippen LogP contribution in [0, 0.1) is 0 Å². The number of hydrogen-bond acceptors (Lipinski definition) is 4. The molecule has 170 valence electrons. The lowest BCUT2D eigenvalue weighted by Crippen LogP contribution is -1.96. The molecular formula is C30H25N5. The molecule has 0 aliphatic heterocycles. The lowest BCUT2D eigenvalue weighted by molar-refractivity contribution is 1.18. The SMILES string of the molecule is Nc1ccc(-c2cc(N)ccc2Nc2ccc3c(c2)c2ccccc2n3-c2ccc(N)cc2)cc1. The maximum atomic E-state index is 6.13. The van der Waals surface area contributed by atoms with Crippen molar-refractivity contribution in [3.8, 4) is 16.8 Å². The molecule has 0 aliphatic carbocycles. The molecule has 0 saturated carbocycles. The predicted molar refractivity (Wildman–Crippen MR) is 149 cm³/mol. The second kappa shape index (κ2) is 8.15. The lowest BCUT2D eigenvalue weighted by Gasteiger charge is -2.14. The van der Waals surface area contributed by atoms with Gasteiger partial charge in [-0.2, -0.15) is 0 Å². The predicted octanol–water partition coefficient (Wildman–Crippen LogP) is 6.94. The Balaban J connectivity index is 1.48. The molecule has 0 bridgehead atoms. The van der Waals surface area contributed by atoms with Crippen molar-refractivity contribution in [1.29, 1.82) is 0 Å². The van der Waals surface area contributed by atoms with E-state index in [1.165, 1.54) is 10.8 Å². The van der Waals surface area contributed by atoms with Crippen molar-refractivity contribution in [2.45, 2.75) is 0 Å². The van der Waals surface area contributed by atoms with Gasteiger partial charge in [0.1, 0.15) is 0 Å². The summed E-state index contributed by atoms with van der Waals surface area (Å²) >= 11 is 0. The standard InChI is InChI=1S/C30H25N5/c31-20-7-5-19(6-8-20)26-17-22(33)11-15-28(26)34-23-12-16-30-27(18-23)25-3-1-2-4-29(25)35(30)24-13-9-21(32)10-14-24/h1-18,34H,31-33H2. The lowest BCUT2D eigenvalue weighted by atomic mass is 10.0.